The summed E-state index contributed by atoms with van der Waals surface area (Å²) in [5.74, 6) is 0. The zero-order valence-electron chi connectivity index (χ0n) is 11.3. The highest BCUT2D eigenvalue weighted by Crippen LogP contribution is 2.45. The van der Waals surface area contributed by atoms with Crippen LogP contribution in [0.25, 0.3) is 0 Å². The molecular weight excluding hydrogens is 264 g/mol. The van der Waals surface area contributed by atoms with Gasteiger partial charge in [-0.1, -0.05) is 12.1 Å². The summed E-state index contributed by atoms with van der Waals surface area (Å²) in [6.07, 6.45) is 1.97. The number of aliphatic hydroxyl groups excluding tert-OH is 1. The fraction of sp³-hybridized carbons (Fsp3) is 0.538. The van der Waals surface area contributed by atoms with E-state index in [1.807, 2.05) is 0 Å². The molecule has 0 bridgehead atoms. The first-order chi connectivity index (χ1) is 8.91. The van der Waals surface area contributed by atoms with E-state index in [9.17, 15) is 13.5 Å². The SMILES string of the molecule is CN(C)S(=O)(=O)c1ccccc1NCC1(CO)CC1. The number of rotatable bonds is 6. The van der Waals surface area contributed by atoms with E-state index in [1.54, 1.807) is 24.3 Å². The maximum absolute atomic E-state index is 12.2. The molecule has 1 aromatic carbocycles. The molecule has 0 atom stereocenters. The van der Waals surface area contributed by atoms with Crippen LogP contribution in [0.5, 0.6) is 0 Å². The van der Waals surface area contributed by atoms with E-state index in [2.05, 4.69) is 5.32 Å². The highest BCUT2D eigenvalue weighted by atomic mass is 32.2. The Balaban J connectivity index is 2.22. The largest absolute Gasteiger partial charge is 0.396 e. The van der Waals surface area contributed by atoms with Gasteiger partial charge in [0.15, 0.2) is 0 Å². The summed E-state index contributed by atoms with van der Waals surface area (Å²) in [5.41, 5.74) is 0.533. The van der Waals surface area contributed by atoms with Gasteiger partial charge in [0.25, 0.3) is 0 Å². The minimum Gasteiger partial charge on any atom is -0.396 e. The number of anilines is 1. The van der Waals surface area contributed by atoms with Gasteiger partial charge in [0.2, 0.25) is 10.0 Å². The maximum Gasteiger partial charge on any atom is 0.244 e. The normalized spacial score (nSPS) is 17.5. The first kappa shape index (κ1) is 14.3. The molecule has 6 heteroatoms. The van der Waals surface area contributed by atoms with Crippen LogP contribution in [-0.2, 0) is 10.0 Å². The molecule has 1 fully saturated rings. The Labute approximate surface area is 114 Å². The summed E-state index contributed by atoms with van der Waals surface area (Å²) in [7, 11) is -0.421. The molecule has 0 aliphatic heterocycles. The lowest BCUT2D eigenvalue weighted by molar-refractivity contribution is 0.219. The Bertz CT molecular complexity index is 551. The molecule has 1 aliphatic rings. The van der Waals surface area contributed by atoms with Crippen LogP contribution in [0.15, 0.2) is 29.2 Å². The van der Waals surface area contributed by atoms with Crippen molar-refractivity contribution < 1.29 is 13.5 Å². The van der Waals surface area contributed by atoms with Crippen molar-refractivity contribution in [2.75, 3.05) is 32.6 Å². The van der Waals surface area contributed by atoms with Gasteiger partial charge in [0, 0.05) is 26.1 Å². The van der Waals surface area contributed by atoms with Gasteiger partial charge in [-0.05, 0) is 25.0 Å². The van der Waals surface area contributed by atoms with Crippen molar-refractivity contribution in [3.8, 4) is 0 Å². The smallest absolute Gasteiger partial charge is 0.244 e. The molecule has 2 N–H and O–H groups in total. The van der Waals surface area contributed by atoms with Crippen molar-refractivity contribution in [2.24, 2.45) is 5.41 Å². The highest BCUT2D eigenvalue weighted by Gasteiger charge is 2.41. The summed E-state index contributed by atoms with van der Waals surface area (Å²) in [6.45, 7) is 0.742. The predicted molar refractivity (Wildman–Crippen MR) is 74.6 cm³/mol. The van der Waals surface area contributed by atoms with Gasteiger partial charge in [-0.2, -0.15) is 0 Å². The molecule has 1 saturated carbocycles. The number of hydrogen-bond donors (Lipinski definition) is 2. The van der Waals surface area contributed by atoms with Crippen molar-refractivity contribution >= 4 is 15.7 Å². The highest BCUT2D eigenvalue weighted by molar-refractivity contribution is 7.89. The molecule has 1 aliphatic carbocycles. The molecule has 19 heavy (non-hydrogen) atoms. The van der Waals surface area contributed by atoms with Gasteiger partial charge >= 0.3 is 0 Å². The third kappa shape index (κ3) is 2.91. The van der Waals surface area contributed by atoms with E-state index >= 15 is 0 Å². The first-order valence-electron chi connectivity index (χ1n) is 6.28. The predicted octanol–water partition coefficient (Wildman–Crippen LogP) is 1.12. The van der Waals surface area contributed by atoms with E-state index < -0.39 is 10.0 Å². The second-order valence-electron chi connectivity index (χ2n) is 5.30. The van der Waals surface area contributed by atoms with Gasteiger partial charge in [-0.25, -0.2) is 12.7 Å². The minimum absolute atomic E-state index is 0.0605. The van der Waals surface area contributed by atoms with Crippen LogP contribution in [0, 0.1) is 5.41 Å². The quantitative estimate of drug-likeness (QED) is 0.821. The van der Waals surface area contributed by atoms with Crippen LogP contribution < -0.4 is 5.32 Å². The molecule has 2 rings (SSSR count). The molecule has 0 unspecified atom stereocenters. The minimum atomic E-state index is -3.45. The molecule has 0 heterocycles. The average Bonchev–Trinajstić information content (AvgIpc) is 3.17. The Hall–Kier alpha value is -1.11. The molecule has 0 aromatic heterocycles. The van der Waals surface area contributed by atoms with Crippen molar-refractivity contribution in [3.63, 3.8) is 0 Å². The van der Waals surface area contributed by atoms with Gasteiger partial charge in [0.05, 0.1) is 12.3 Å². The lowest BCUT2D eigenvalue weighted by atomic mass is 10.1. The van der Waals surface area contributed by atoms with Gasteiger partial charge in [-0.15, -0.1) is 0 Å². The number of sulfonamides is 1. The lowest BCUT2D eigenvalue weighted by Crippen LogP contribution is -2.25. The number of nitrogens with zero attached hydrogens (tertiary/aromatic N) is 1. The molecular formula is C13H20N2O3S. The van der Waals surface area contributed by atoms with Crippen molar-refractivity contribution in [1.29, 1.82) is 0 Å². The van der Waals surface area contributed by atoms with E-state index in [-0.39, 0.29) is 16.9 Å². The fourth-order valence-corrected chi connectivity index (χ4v) is 2.95. The van der Waals surface area contributed by atoms with Crippen molar-refractivity contribution in [1.82, 2.24) is 4.31 Å². The second kappa shape index (κ2) is 5.11. The van der Waals surface area contributed by atoms with Gasteiger partial charge in [0.1, 0.15) is 4.90 Å². The van der Waals surface area contributed by atoms with Gasteiger partial charge < -0.3 is 10.4 Å². The summed E-state index contributed by atoms with van der Waals surface area (Å²) in [6, 6.07) is 6.86. The molecule has 0 spiro atoms. The zero-order chi connectivity index (χ0) is 14.1. The number of para-hydroxylation sites is 1. The van der Waals surface area contributed by atoms with Crippen LogP contribution in [0.4, 0.5) is 5.69 Å². The number of benzene rings is 1. The number of aliphatic hydroxyl groups is 1. The Kier molecular flexibility index (Phi) is 3.85. The maximum atomic E-state index is 12.2. The standard InChI is InChI=1S/C13H20N2O3S/c1-15(2)19(17,18)12-6-4-3-5-11(12)14-9-13(10-16)7-8-13/h3-6,14,16H,7-10H2,1-2H3. The second-order valence-corrected chi connectivity index (χ2v) is 7.42. The monoisotopic (exact) mass is 284 g/mol. The van der Waals surface area contributed by atoms with Crippen LogP contribution in [0.2, 0.25) is 0 Å². The summed E-state index contributed by atoms with van der Waals surface area (Å²) in [4.78, 5) is 0.272. The summed E-state index contributed by atoms with van der Waals surface area (Å²) >= 11 is 0. The first-order valence-corrected chi connectivity index (χ1v) is 7.72. The van der Waals surface area contributed by atoms with E-state index in [0.717, 1.165) is 12.8 Å². The van der Waals surface area contributed by atoms with E-state index in [4.69, 9.17) is 0 Å². The summed E-state index contributed by atoms with van der Waals surface area (Å²) in [5, 5.41) is 12.4. The lowest BCUT2D eigenvalue weighted by Gasteiger charge is -2.18. The average molecular weight is 284 g/mol. The fourth-order valence-electron chi connectivity index (χ4n) is 1.88. The molecule has 0 saturated heterocycles. The summed E-state index contributed by atoms with van der Waals surface area (Å²) < 4.78 is 25.6. The Morgan fingerprint density at radius 1 is 1.32 bits per heavy atom. The molecule has 0 amide bonds. The number of hydrogen-bond acceptors (Lipinski definition) is 4. The molecule has 1 aromatic rings. The van der Waals surface area contributed by atoms with Crippen molar-refractivity contribution in [3.05, 3.63) is 24.3 Å². The Morgan fingerprint density at radius 2 is 1.95 bits per heavy atom. The topological polar surface area (TPSA) is 69.6 Å². The molecule has 106 valence electrons. The molecule has 5 nitrogen and oxygen atoms in total. The van der Waals surface area contributed by atoms with E-state index in [1.165, 1.54) is 18.4 Å². The third-order valence-electron chi connectivity index (χ3n) is 3.59. The van der Waals surface area contributed by atoms with Gasteiger partial charge in [-0.3, -0.25) is 0 Å². The van der Waals surface area contributed by atoms with E-state index in [0.29, 0.717) is 12.2 Å². The van der Waals surface area contributed by atoms with Crippen LogP contribution >= 0.6 is 0 Å². The van der Waals surface area contributed by atoms with Crippen LogP contribution in [0.3, 0.4) is 0 Å². The zero-order valence-corrected chi connectivity index (χ0v) is 12.1. The van der Waals surface area contributed by atoms with Crippen molar-refractivity contribution in [2.45, 2.75) is 17.7 Å². The number of nitrogens with one attached hydrogen (secondary N) is 1. The van der Waals surface area contributed by atoms with Crippen LogP contribution in [0.1, 0.15) is 12.8 Å². The van der Waals surface area contributed by atoms with Crippen LogP contribution in [-0.4, -0.2) is 45.1 Å². The Morgan fingerprint density at radius 3 is 2.47 bits per heavy atom. The molecule has 0 radical (unpaired) electrons. The third-order valence-corrected chi connectivity index (χ3v) is 5.47.